The molecule has 0 saturated carbocycles. The number of aryl methyl sites for hydroxylation is 2. The molecule has 2 rings (SSSR count). The van der Waals surface area contributed by atoms with Gasteiger partial charge in [-0.2, -0.15) is 4.57 Å². The van der Waals surface area contributed by atoms with Gasteiger partial charge >= 0.3 is 0 Å². The van der Waals surface area contributed by atoms with Crippen molar-refractivity contribution < 1.29 is 4.57 Å². The van der Waals surface area contributed by atoms with Crippen molar-refractivity contribution in [3.8, 4) is 5.69 Å². The Balaban J connectivity index is 1.52. The summed E-state index contributed by atoms with van der Waals surface area (Å²) in [7, 11) is 0. The van der Waals surface area contributed by atoms with Crippen LogP contribution in [0.25, 0.3) is 5.69 Å². The Labute approximate surface area is 314 Å². The maximum absolute atomic E-state index is 2.45. The molecule has 1 nitrogen and oxygen atoms in total. The van der Waals surface area contributed by atoms with Crippen LogP contribution in [0.4, 0.5) is 0 Å². The fraction of sp³-hybridized carbons (Fsp3) is 0.776. The van der Waals surface area contributed by atoms with Crippen molar-refractivity contribution in [1.82, 2.24) is 0 Å². The van der Waals surface area contributed by atoms with Gasteiger partial charge < -0.3 is 0 Å². The first-order valence-corrected chi connectivity index (χ1v) is 22.9. The van der Waals surface area contributed by atoms with Gasteiger partial charge in [-0.25, -0.2) is 0 Å². The number of rotatable bonds is 37. The number of hydrogen-bond acceptors (Lipinski definition) is 0. The van der Waals surface area contributed by atoms with Crippen LogP contribution in [0.15, 0.2) is 48.8 Å². The molecule has 0 aliphatic carbocycles. The third-order valence-electron chi connectivity index (χ3n) is 11.3. The first kappa shape index (κ1) is 44.5. The van der Waals surface area contributed by atoms with Crippen LogP contribution in [-0.2, 0) is 12.8 Å². The highest BCUT2D eigenvalue weighted by Crippen LogP contribution is 2.19. The van der Waals surface area contributed by atoms with Gasteiger partial charge in [0.1, 0.15) is 0 Å². The average Bonchev–Trinajstić information content (AvgIpc) is 3.15. The summed E-state index contributed by atoms with van der Waals surface area (Å²) in [6.07, 6.45) is 56.2. The molecule has 0 N–H and O–H groups in total. The first-order chi connectivity index (χ1) is 24.8. The summed E-state index contributed by atoms with van der Waals surface area (Å²) in [4.78, 5) is 0. The van der Waals surface area contributed by atoms with Crippen LogP contribution in [0, 0.1) is 0 Å². The van der Waals surface area contributed by atoms with E-state index in [1.807, 2.05) is 0 Å². The molecule has 0 spiro atoms. The molecule has 0 aliphatic heterocycles. The maximum Gasteiger partial charge on any atom is 0.210 e. The minimum absolute atomic E-state index is 1.24. The quantitative estimate of drug-likeness (QED) is 0.0491. The lowest BCUT2D eigenvalue weighted by molar-refractivity contribution is -0.596. The van der Waals surface area contributed by atoms with Crippen molar-refractivity contribution in [1.29, 1.82) is 0 Å². The van der Waals surface area contributed by atoms with E-state index in [0.717, 1.165) is 0 Å². The van der Waals surface area contributed by atoms with Gasteiger partial charge in [0.05, 0.1) is 0 Å². The molecule has 1 aromatic heterocycles. The third kappa shape index (κ3) is 25.3. The van der Waals surface area contributed by atoms with E-state index >= 15 is 0 Å². The van der Waals surface area contributed by atoms with Crippen LogP contribution in [0.5, 0.6) is 0 Å². The van der Waals surface area contributed by atoms with E-state index in [0.29, 0.717) is 0 Å². The normalized spacial score (nSPS) is 11.5. The minimum Gasteiger partial charge on any atom is -0.167 e. The Hall–Kier alpha value is -1.63. The molecule has 1 heteroatoms. The highest BCUT2D eigenvalue weighted by molar-refractivity contribution is 5.26. The SMILES string of the molecule is CCCCCCCCCCCCCCCCCCCc1cc[n+](-c2ccccc2)cc1CCCCCCCCCCCCCCCCCCC. The number of unbranched alkanes of at least 4 members (excludes halogenated alkanes) is 32. The monoisotopic (exact) mass is 689 g/mol. The predicted molar refractivity (Wildman–Crippen MR) is 224 cm³/mol. The molecular weight excluding hydrogens is 603 g/mol. The summed E-state index contributed by atoms with van der Waals surface area (Å²) in [5, 5.41) is 0. The molecule has 0 saturated heterocycles. The van der Waals surface area contributed by atoms with Gasteiger partial charge in [-0.3, -0.25) is 0 Å². The minimum atomic E-state index is 1.24. The molecule has 0 fully saturated rings. The molecule has 286 valence electrons. The fourth-order valence-electron chi connectivity index (χ4n) is 7.88. The number of benzene rings is 1. The lowest BCUT2D eigenvalue weighted by Crippen LogP contribution is -2.30. The van der Waals surface area contributed by atoms with Crippen molar-refractivity contribution in [3.05, 3.63) is 59.9 Å². The topological polar surface area (TPSA) is 3.88 Å². The van der Waals surface area contributed by atoms with Gasteiger partial charge in [0.25, 0.3) is 0 Å². The molecule has 0 radical (unpaired) electrons. The summed E-state index contributed by atoms with van der Waals surface area (Å²) in [5.41, 5.74) is 4.48. The summed E-state index contributed by atoms with van der Waals surface area (Å²) in [5.74, 6) is 0. The second-order valence-corrected chi connectivity index (χ2v) is 16.1. The second-order valence-electron chi connectivity index (χ2n) is 16.1. The van der Waals surface area contributed by atoms with E-state index in [1.54, 1.807) is 11.1 Å². The maximum atomic E-state index is 2.45. The Morgan fingerprint density at radius 3 is 0.960 bits per heavy atom. The molecule has 2 aromatic rings. The number of nitrogens with zero attached hydrogens (tertiary/aromatic N) is 1. The lowest BCUT2D eigenvalue weighted by Gasteiger charge is -2.09. The van der Waals surface area contributed by atoms with E-state index < -0.39 is 0 Å². The molecule has 0 atom stereocenters. The average molecular weight is 689 g/mol. The Morgan fingerprint density at radius 2 is 0.620 bits per heavy atom. The zero-order chi connectivity index (χ0) is 35.4. The first-order valence-electron chi connectivity index (χ1n) is 22.9. The van der Waals surface area contributed by atoms with E-state index in [4.69, 9.17) is 0 Å². The highest BCUT2D eigenvalue weighted by atomic mass is 14.9. The molecule has 1 heterocycles. The zero-order valence-corrected chi connectivity index (χ0v) is 34.0. The van der Waals surface area contributed by atoms with E-state index in [-0.39, 0.29) is 0 Å². The van der Waals surface area contributed by atoms with Crippen LogP contribution in [0.2, 0.25) is 0 Å². The van der Waals surface area contributed by atoms with E-state index in [2.05, 4.69) is 67.2 Å². The van der Waals surface area contributed by atoms with Gasteiger partial charge in [-0.1, -0.05) is 238 Å². The summed E-state index contributed by atoms with van der Waals surface area (Å²) in [6, 6.07) is 13.3. The van der Waals surface area contributed by atoms with E-state index in [1.165, 1.54) is 237 Å². The summed E-state index contributed by atoms with van der Waals surface area (Å²) < 4.78 is 2.35. The standard InChI is InChI=1S/C49H86N/c1-3-5-7-9-11-13-15-17-19-21-23-25-27-29-31-33-36-40-47-44-45-50(49-42-38-35-39-43-49)46-48(47)41-37-34-32-30-28-26-24-22-20-18-16-14-12-10-8-6-4-2/h35,38-39,42-46H,3-34,36-37,40-41H2,1-2H3/q+1. The second kappa shape index (κ2) is 34.5. The molecule has 1 aromatic carbocycles. The van der Waals surface area contributed by atoms with Gasteiger partial charge in [0, 0.05) is 23.8 Å². The smallest absolute Gasteiger partial charge is 0.167 e. The van der Waals surface area contributed by atoms with Crippen LogP contribution in [0.3, 0.4) is 0 Å². The van der Waals surface area contributed by atoms with Crippen molar-refractivity contribution in [2.45, 2.75) is 245 Å². The molecule has 0 unspecified atom stereocenters. The van der Waals surface area contributed by atoms with Gasteiger partial charge in [-0.05, 0) is 31.2 Å². The number of aromatic nitrogens is 1. The summed E-state index contributed by atoms with van der Waals surface area (Å²) >= 11 is 0. The predicted octanol–water partition coefficient (Wildman–Crippen LogP) is 16.4. The number of para-hydroxylation sites is 1. The van der Waals surface area contributed by atoms with Crippen LogP contribution in [0.1, 0.15) is 243 Å². The summed E-state index contributed by atoms with van der Waals surface area (Å²) in [6.45, 7) is 4.62. The van der Waals surface area contributed by atoms with Crippen molar-refractivity contribution in [3.63, 3.8) is 0 Å². The molecule has 50 heavy (non-hydrogen) atoms. The number of hydrogen-bond donors (Lipinski definition) is 0. The fourth-order valence-corrected chi connectivity index (χ4v) is 7.88. The van der Waals surface area contributed by atoms with Crippen molar-refractivity contribution in [2.24, 2.45) is 0 Å². The molecular formula is C49H86N+. The van der Waals surface area contributed by atoms with Crippen molar-refractivity contribution in [2.75, 3.05) is 0 Å². The molecule has 0 aliphatic rings. The molecule has 0 amide bonds. The van der Waals surface area contributed by atoms with Crippen molar-refractivity contribution >= 4 is 0 Å². The number of pyridine rings is 1. The Kier molecular flexibility index (Phi) is 30.7. The van der Waals surface area contributed by atoms with Crippen LogP contribution < -0.4 is 4.57 Å². The van der Waals surface area contributed by atoms with E-state index in [9.17, 15) is 0 Å². The zero-order valence-electron chi connectivity index (χ0n) is 34.0. The lowest BCUT2D eigenvalue weighted by atomic mass is 9.97. The van der Waals surface area contributed by atoms with Crippen LogP contribution in [-0.4, -0.2) is 0 Å². The Bertz CT molecular complexity index is 964. The largest absolute Gasteiger partial charge is 0.210 e. The molecule has 0 bridgehead atoms. The van der Waals surface area contributed by atoms with Crippen LogP contribution >= 0.6 is 0 Å². The third-order valence-corrected chi connectivity index (χ3v) is 11.3. The highest BCUT2D eigenvalue weighted by Gasteiger charge is 2.12. The van der Waals surface area contributed by atoms with Gasteiger partial charge in [-0.15, -0.1) is 0 Å². The van der Waals surface area contributed by atoms with Gasteiger partial charge in [0.15, 0.2) is 12.4 Å². The van der Waals surface area contributed by atoms with Gasteiger partial charge in [0.2, 0.25) is 5.69 Å². The Morgan fingerprint density at radius 1 is 0.320 bits per heavy atom.